The molecule has 3 aromatic carbocycles. The maximum Gasteiger partial charge on any atom is 0.338 e. The molecule has 0 saturated carbocycles. The Morgan fingerprint density at radius 3 is 2.22 bits per heavy atom. The Balaban J connectivity index is 1.92. The average Bonchev–Trinajstić information content (AvgIpc) is 3.12. The molecule has 0 N–H and O–H groups in total. The van der Waals surface area contributed by atoms with Crippen molar-refractivity contribution in [2.24, 2.45) is 0 Å². The molecule has 0 spiro atoms. The maximum absolute atomic E-state index is 12.3. The van der Waals surface area contributed by atoms with Gasteiger partial charge < -0.3 is 9.15 Å². The van der Waals surface area contributed by atoms with Crippen molar-refractivity contribution in [2.45, 2.75) is 13.3 Å². The summed E-state index contributed by atoms with van der Waals surface area (Å²) in [6.45, 7) is 2.40. The summed E-state index contributed by atoms with van der Waals surface area (Å²) in [5.74, 6) is 0.496. The van der Waals surface area contributed by atoms with Crippen molar-refractivity contribution in [1.29, 1.82) is 0 Å². The molecule has 0 aliphatic rings. The Morgan fingerprint density at radius 1 is 0.889 bits per heavy atom. The second-order valence-electron chi connectivity index (χ2n) is 6.39. The van der Waals surface area contributed by atoms with Crippen LogP contribution in [0.15, 0.2) is 83.3 Å². The first kappa shape index (κ1) is 17.1. The Morgan fingerprint density at radius 2 is 1.56 bits per heavy atom. The van der Waals surface area contributed by atoms with Crippen LogP contribution in [0.4, 0.5) is 0 Å². The first-order chi connectivity index (χ1) is 13.3. The van der Waals surface area contributed by atoms with Crippen LogP contribution < -0.4 is 0 Å². The van der Waals surface area contributed by atoms with Gasteiger partial charge >= 0.3 is 5.97 Å². The minimum absolute atomic E-state index is 0.305. The molecule has 1 heterocycles. The van der Waals surface area contributed by atoms with Crippen LogP contribution in [-0.4, -0.2) is 12.6 Å². The lowest BCUT2D eigenvalue weighted by Gasteiger charge is -2.05. The van der Waals surface area contributed by atoms with Crippen LogP contribution in [0, 0.1) is 0 Å². The average molecular weight is 356 g/mol. The lowest BCUT2D eigenvalue weighted by molar-refractivity contribution is 0.0505. The van der Waals surface area contributed by atoms with Gasteiger partial charge in [-0.05, 0) is 30.2 Å². The molecule has 134 valence electrons. The Labute approximate surface area is 158 Å². The van der Waals surface area contributed by atoms with Gasteiger partial charge in [0.05, 0.1) is 12.2 Å². The fourth-order valence-electron chi connectivity index (χ4n) is 3.19. The predicted molar refractivity (Wildman–Crippen MR) is 108 cm³/mol. The smallest absolute Gasteiger partial charge is 0.338 e. The maximum atomic E-state index is 12.3. The first-order valence-electron chi connectivity index (χ1n) is 9.12. The third-order valence-electron chi connectivity index (χ3n) is 4.46. The number of fused-ring (bicyclic) bond motifs is 1. The molecule has 0 aliphatic heterocycles. The summed E-state index contributed by atoms with van der Waals surface area (Å²) in [5, 5.41) is 0.908. The summed E-state index contributed by atoms with van der Waals surface area (Å²) >= 11 is 0. The number of benzene rings is 3. The highest BCUT2D eigenvalue weighted by atomic mass is 16.5. The Bertz CT molecular complexity index is 1060. The second kappa shape index (κ2) is 7.50. The molecule has 3 nitrogen and oxygen atoms in total. The Hall–Kier alpha value is -3.33. The summed E-state index contributed by atoms with van der Waals surface area (Å²) in [5.41, 5.74) is 4.33. The molecule has 0 radical (unpaired) electrons. The molecule has 0 saturated heterocycles. The fraction of sp³-hybridized carbons (Fsp3) is 0.125. The van der Waals surface area contributed by atoms with Crippen molar-refractivity contribution in [1.82, 2.24) is 0 Å². The quantitative estimate of drug-likeness (QED) is 0.392. The van der Waals surface area contributed by atoms with Crippen molar-refractivity contribution >= 4 is 16.9 Å². The van der Waals surface area contributed by atoms with Gasteiger partial charge in [-0.3, -0.25) is 0 Å². The molecule has 0 atom stereocenters. The van der Waals surface area contributed by atoms with Gasteiger partial charge in [0.25, 0.3) is 0 Å². The summed E-state index contributed by atoms with van der Waals surface area (Å²) < 4.78 is 11.5. The van der Waals surface area contributed by atoms with E-state index in [1.165, 1.54) is 0 Å². The molecule has 1 aromatic heterocycles. The molecular formula is C24H20O3. The number of rotatable bonds is 5. The summed E-state index contributed by atoms with van der Waals surface area (Å²) in [6.07, 6.45) is 0.799. The minimum atomic E-state index is -0.305. The fourth-order valence-corrected chi connectivity index (χ4v) is 3.19. The Kier molecular flexibility index (Phi) is 4.75. The topological polar surface area (TPSA) is 39.4 Å². The highest BCUT2D eigenvalue weighted by Crippen LogP contribution is 2.41. The van der Waals surface area contributed by atoms with Crippen molar-refractivity contribution in [3.8, 4) is 22.5 Å². The molecule has 0 aliphatic carbocycles. The van der Waals surface area contributed by atoms with E-state index in [9.17, 15) is 4.79 Å². The van der Waals surface area contributed by atoms with Gasteiger partial charge in [0.15, 0.2) is 0 Å². The number of furan rings is 1. The molecule has 0 unspecified atom stereocenters. The summed E-state index contributed by atoms with van der Waals surface area (Å²) in [4.78, 5) is 12.3. The molecule has 4 aromatic rings. The van der Waals surface area contributed by atoms with E-state index in [0.717, 1.165) is 39.8 Å². The van der Waals surface area contributed by atoms with Gasteiger partial charge in [-0.15, -0.1) is 0 Å². The van der Waals surface area contributed by atoms with Crippen molar-refractivity contribution in [3.63, 3.8) is 0 Å². The number of hydrogen-bond acceptors (Lipinski definition) is 3. The number of esters is 1. The van der Waals surface area contributed by atoms with Crippen LogP contribution in [0.1, 0.15) is 23.7 Å². The highest BCUT2D eigenvalue weighted by molar-refractivity contribution is 6.04. The lowest BCUT2D eigenvalue weighted by atomic mass is 9.98. The van der Waals surface area contributed by atoms with Gasteiger partial charge in [-0.2, -0.15) is 0 Å². The van der Waals surface area contributed by atoms with Crippen LogP contribution >= 0.6 is 0 Å². The van der Waals surface area contributed by atoms with Crippen LogP contribution in [0.3, 0.4) is 0 Å². The molecule has 0 fully saturated rings. The third kappa shape index (κ3) is 3.36. The van der Waals surface area contributed by atoms with Crippen molar-refractivity contribution < 1.29 is 13.9 Å². The largest absolute Gasteiger partial charge is 0.462 e. The monoisotopic (exact) mass is 356 g/mol. The SMILES string of the molecule is CCCOC(=O)c1ccc2oc(-c3ccccc3)c(-c3ccccc3)c2c1. The van der Waals surface area contributed by atoms with E-state index in [0.29, 0.717) is 12.2 Å². The van der Waals surface area contributed by atoms with Gasteiger partial charge in [0.2, 0.25) is 0 Å². The standard InChI is InChI=1S/C24H20O3/c1-2-15-26-24(25)19-13-14-21-20(16-19)22(17-9-5-3-6-10-17)23(27-21)18-11-7-4-8-12-18/h3-14,16H,2,15H2,1H3. The van der Waals surface area contributed by atoms with Crippen LogP contribution in [0.5, 0.6) is 0 Å². The van der Waals surface area contributed by atoms with Gasteiger partial charge in [-0.25, -0.2) is 4.79 Å². The normalized spacial score (nSPS) is 10.9. The number of carbonyl (C=O) groups is 1. The summed E-state index contributed by atoms with van der Waals surface area (Å²) in [7, 11) is 0. The highest BCUT2D eigenvalue weighted by Gasteiger charge is 2.19. The van der Waals surface area contributed by atoms with Crippen molar-refractivity contribution in [2.75, 3.05) is 6.61 Å². The van der Waals surface area contributed by atoms with E-state index >= 15 is 0 Å². The second-order valence-corrected chi connectivity index (χ2v) is 6.39. The number of hydrogen-bond donors (Lipinski definition) is 0. The van der Waals surface area contributed by atoms with Gasteiger partial charge in [0, 0.05) is 16.5 Å². The lowest BCUT2D eigenvalue weighted by Crippen LogP contribution is -2.05. The van der Waals surface area contributed by atoms with Gasteiger partial charge in [-0.1, -0.05) is 67.6 Å². The molecular weight excluding hydrogens is 336 g/mol. The molecule has 0 amide bonds. The zero-order chi connectivity index (χ0) is 18.6. The van der Waals surface area contributed by atoms with Gasteiger partial charge in [0.1, 0.15) is 11.3 Å². The number of carbonyl (C=O) groups excluding carboxylic acids is 1. The van der Waals surface area contributed by atoms with Crippen LogP contribution in [0.2, 0.25) is 0 Å². The van der Waals surface area contributed by atoms with E-state index in [1.807, 2.05) is 67.6 Å². The van der Waals surface area contributed by atoms with E-state index < -0.39 is 0 Å². The molecule has 0 bridgehead atoms. The molecule has 27 heavy (non-hydrogen) atoms. The van der Waals surface area contributed by atoms with Crippen LogP contribution in [-0.2, 0) is 4.74 Å². The van der Waals surface area contributed by atoms with E-state index in [-0.39, 0.29) is 5.97 Å². The van der Waals surface area contributed by atoms with Crippen molar-refractivity contribution in [3.05, 3.63) is 84.4 Å². The van der Waals surface area contributed by atoms with E-state index in [1.54, 1.807) is 6.07 Å². The van der Waals surface area contributed by atoms with E-state index in [2.05, 4.69) is 12.1 Å². The third-order valence-corrected chi connectivity index (χ3v) is 4.46. The first-order valence-corrected chi connectivity index (χ1v) is 9.12. The molecule has 4 rings (SSSR count). The zero-order valence-corrected chi connectivity index (χ0v) is 15.1. The predicted octanol–water partition coefficient (Wildman–Crippen LogP) is 6.33. The summed E-state index contributed by atoms with van der Waals surface area (Å²) in [6, 6.07) is 25.6. The molecule has 3 heteroatoms. The zero-order valence-electron chi connectivity index (χ0n) is 15.1. The number of ether oxygens (including phenoxy) is 1. The van der Waals surface area contributed by atoms with Crippen LogP contribution in [0.25, 0.3) is 33.4 Å². The van der Waals surface area contributed by atoms with E-state index in [4.69, 9.17) is 9.15 Å². The minimum Gasteiger partial charge on any atom is -0.462 e.